The monoisotopic (exact) mass is 266 g/mol. The van der Waals surface area contributed by atoms with E-state index in [0.717, 1.165) is 29.4 Å². The van der Waals surface area contributed by atoms with E-state index in [1.165, 1.54) is 0 Å². The average Bonchev–Trinajstić information content (AvgIpc) is 2.89. The summed E-state index contributed by atoms with van der Waals surface area (Å²) in [5.41, 5.74) is 2.54. The lowest BCUT2D eigenvalue weighted by molar-refractivity contribution is 0.0697. The van der Waals surface area contributed by atoms with Crippen LogP contribution in [0.3, 0.4) is 0 Å². The molecule has 1 heterocycles. The van der Waals surface area contributed by atoms with E-state index in [9.17, 15) is 4.79 Å². The van der Waals surface area contributed by atoms with Gasteiger partial charge in [0.2, 0.25) is 0 Å². The maximum atomic E-state index is 10.8. The van der Waals surface area contributed by atoms with Crippen molar-refractivity contribution < 1.29 is 9.90 Å². The first-order valence-electron chi connectivity index (χ1n) is 6.47. The van der Waals surface area contributed by atoms with Gasteiger partial charge in [-0.15, -0.1) is 0 Å². The summed E-state index contributed by atoms with van der Waals surface area (Å²) in [4.78, 5) is 10.8. The highest BCUT2D eigenvalue weighted by Gasteiger charge is 2.04. The SMILES string of the molecule is O=C(O)c1ccc(CCn2ncc3ccccc32)cc1. The lowest BCUT2D eigenvalue weighted by Gasteiger charge is -2.04. The lowest BCUT2D eigenvalue weighted by atomic mass is 10.1. The molecule has 20 heavy (non-hydrogen) atoms. The molecule has 2 aromatic carbocycles. The van der Waals surface area contributed by atoms with Crippen LogP contribution in [0.1, 0.15) is 15.9 Å². The molecule has 0 unspecified atom stereocenters. The third-order valence-electron chi connectivity index (χ3n) is 3.36. The molecule has 3 aromatic rings. The van der Waals surface area contributed by atoms with Crippen LogP contribution < -0.4 is 0 Å². The van der Waals surface area contributed by atoms with E-state index < -0.39 is 5.97 Å². The zero-order chi connectivity index (χ0) is 13.9. The van der Waals surface area contributed by atoms with Crippen molar-refractivity contribution in [3.63, 3.8) is 0 Å². The van der Waals surface area contributed by atoms with Crippen LogP contribution in [0, 0.1) is 0 Å². The molecule has 0 bridgehead atoms. The Morgan fingerprint density at radius 3 is 2.60 bits per heavy atom. The summed E-state index contributed by atoms with van der Waals surface area (Å²) in [7, 11) is 0. The predicted octanol–water partition coefficient (Wildman–Crippen LogP) is 2.98. The fraction of sp³-hybridized carbons (Fsp3) is 0.125. The van der Waals surface area contributed by atoms with E-state index in [4.69, 9.17) is 5.11 Å². The van der Waals surface area contributed by atoms with Crippen LogP contribution in [0.2, 0.25) is 0 Å². The number of hydrogen-bond acceptors (Lipinski definition) is 2. The van der Waals surface area contributed by atoms with Gasteiger partial charge in [0.15, 0.2) is 0 Å². The lowest BCUT2D eigenvalue weighted by Crippen LogP contribution is -2.03. The molecule has 0 atom stereocenters. The third kappa shape index (κ3) is 2.40. The molecular formula is C16H14N2O2. The summed E-state index contributed by atoms with van der Waals surface area (Å²) in [6.07, 6.45) is 2.69. The summed E-state index contributed by atoms with van der Waals surface area (Å²) in [5, 5.41) is 14.4. The Balaban J connectivity index is 1.74. The van der Waals surface area contributed by atoms with Gasteiger partial charge >= 0.3 is 5.97 Å². The predicted molar refractivity (Wildman–Crippen MR) is 76.8 cm³/mol. The second-order valence-corrected chi connectivity index (χ2v) is 4.68. The van der Waals surface area contributed by atoms with Crippen LogP contribution >= 0.6 is 0 Å². The molecule has 4 nitrogen and oxygen atoms in total. The van der Waals surface area contributed by atoms with E-state index in [-0.39, 0.29) is 0 Å². The fourth-order valence-electron chi connectivity index (χ4n) is 2.25. The van der Waals surface area contributed by atoms with Gasteiger partial charge in [-0.25, -0.2) is 4.79 Å². The van der Waals surface area contributed by atoms with Crippen LogP contribution in [0.15, 0.2) is 54.7 Å². The number of carboxylic acid groups (broad SMARTS) is 1. The van der Waals surface area contributed by atoms with E-state index in [2.05, 4.69) is 11.2 Å². The van der Waals surface area contributed by atoms with Gasteiger partial charge in [0.25, 0.3) is 0 Å². The first-order chi connectivity index (χ1) is 9.74. The molecule has 0 amide bonds. The van der Waals surface area contributed by atoms with Crippen LogP contribution in [-0.4, -0.2) is 20.9 Å². The molecule has 3 rings (SSSR count). The molecule has 0 saturated heterocycles. The smallest absolute Gasteiger partial charge is 0.335 e. The van der Waals surface area contributed by atoms with E-state index in [0.29, 0.717) is 5.56 Å². The molecule has 0 aliphatic rings. The number of nitrogens with zero attached hydrogens (tertiary/aromatic N) is 2. The Kier molecular flexibility index (Phi) is 3.21. The van der Waals surface area contributed by atoms with E-state index in [1.807, 2.05) is 41.2 Å². The number of aryl methyl sites for hydroxylation is 2. The van der Waals surface area contributed by atoms with E-state index >= 15 is 0 Å². The fourth-order valence-corrected chi connectivity index (χ4v) is 2.25. The second-order valence-electron chi connectivity index (χ2n) is 4.68. The molecule has 0 spiro atoms. The Labute approximate surface area is 116 Å². The van der Waals surface area contributed by atoms with Crippen molar-refractivity contribution in [2.75, 3.05) is 0 Å². The third-order valence-corrected chi connectivity index (χ3v) is 3.36. The quantitative estimate of drug-likeness (QED) is 0.789. The normalized spacial score (nSPS) is 10.8. The highest BCUT2D eigenvalue weighted by atomic mass is 16.4. The number of para-hydroxylation sites is 1. The number of aromatic carboxylic acids is 1. The Morgan fingerprint density at radius 2 is 1.85 bits per heavy atom. The Hall–Kier alpha value is -2.62. The van der Waals surface area contributed by atoms with Crippen molar-refractivity contribution in [1.29, 1.82) is 0 Å². The van der Waals surface area contributed by atoms with Gasteiger partial charge in [-0.1, -0.05) is 30.3 Å². The summed E-state index contributed by atoms with van der Waals surface area (Å²) in [6.45, 7) is 0.778. The summed E-state index contributed by atoms with van der Waals surface area (Å²) < 4.78 is 1.97. The Bertz CT molecular complexity index is 745. The van der Waals surface area contributed by atoms with Gasteiger partial charge < -0.3 is 5.11 Å². The molecular weight excluding hydrogens is 252 g/mol. The molecule has 4 heteroatoms. The molecule has 1 N–H and O–H groups in total. The second kappa shape index (κ2) is 5.17. The minimum absolute atomic E-state index is 0.318. The van der Waals surface area contributed by atoms with Gasteiger partial charge in [0.05, 0.1) is 17.3 Å². The molecule has 0 saturated carbocycles. The average molecular weight is 266 g/mol. The zero-order valence-electron chi connectivity index (χ0n) is 10.9. The van der Waals surface area contributed by atoms with Crippen molar-refractivity contribution in [2.24, 2.45) is 0 Å². The van der Waals surface area contributed by atoms with Crippen LogP contribution in [-0.2, 0) is 13.0 Å². The number of fused-ring (bicyclic) bond motifs is 1. The van der Waals surface area contributed by atoms with Crippen molar-refractivity contribution in [2.45, 2.75) is 13.0 Å². The van der Waals surface area contributed by atoms with Gasteiger partial charge in [-0.2, -0.15) is 5.10 Å². The molecule has 100 valence electrons. The molecule has 1 aromatic heterocycles. The van der Waals surface area contributed by atoms with Gasteiger partial charge in [-0.3, -0.25) is 4.68 Å². The van der Waals surface area contributed by atoms with E-state index in [1.54, 1.807) is 12.1 Å². The van der Waals surface area contributed by atoms with Gasteiger partial charge in [0.1, 0.15) is 0 Å². The number of benzene rings is 2. The minimum Gasteiger partial charge on any atom is -0.478 e. The molecule has 0 radical (unpaired) electrons. The van der Waals surface area contributed by atoms with Gasteiger partial charge in [0, 0.05) is 11.9 Å². The van der Waals surface area contributed by atoms with Crippen LogP contribution in [0.25, 0.3) is 10.9 Å². The minimum atomic E-state index is -0.894. The zero-order valence-corrected chi connectivity index (χ0v) is 10.9. The maximum Gasteiger partial charge on any atom is 0.335 e. The van der Waals surface area contributed by atoms with Crippen molar-refractivity contribution in [1.82, 2.24) is 9.78 Å². The standard InChI is InChI=1S/C16H14N2O2/c19-16(20)13-7-5-12(6-8-13)9-10-18-15-4-2-1-3-14(15)11-17-18/h1-8,11H,9-10H2,(H,19,20). The van der Waals surface area contributed by atoms with Crippen LogP contribution in [0.5, 0.6) is 0 Å². The summed E-state index contributed by atoms with van der Waals surface area (Å²) in [6, 6.07) is 15.1. The van der Waals surface area contributed by atoms with Gasteiger partial charge in [-0.05, 0) is 30.2 Å². The molecule has 0 aliphatic heterocycles. The number of hydrogen-bond donors (Lipinski definition) is 1. The summed E-state index contributed by atoms with van der Waals surface area (Å²) in [5.74, 6) is -0.894. The molecule has 0 aliphatic carbocycles. The number of carbonyl (C=O) groups is 1. The van der Waals surface area contributed by atoms with Crippen molar-refractivity contribution in [3.05, 3.63) is 65.9 Å². The number of rotatable bonds is 4. The largest absolute Gasteiger partial charge is 0.478 e. The van der Waals surface area contributed by atoms with Crippen molar-refractivity contribution >= 4 is 16.9 Å². The topological polar surface area (TPSA) is 55.1 Å². The van der Waals surface area contributed by atoms with Crippen molar-refractivity contribution in [3.8, 4) is 0 Å². The maximum absolute atomic E-state index is 10.8. The number of aromatic nitrogens is 2. The van der Waals surface area contributed by atoms with Crippen LogP contribution in [0.4, 0.5) is 0 Å². The summed E-state index contributed by atoms with van der Waals surface area (Å²) >= 11 is 0. The highest BCUT2D eigenvalue weighted by Crippen LogP contribution is 2.13. The highest BCUT2D eigenvalue weighted by molar-refractivity contribution is 5.87. The Morgan fingerprint density at radius 1 is 1.10 bits per heavy atom. The number of carboxylic acids is 1. The molecule has 0 fully saturated rings. The first kappa shape index (κ1) is 12.4. The first-order valence-corrected chi connectivity index (χ1v) is 6.47.